The van der Waals surface area contributed by atoms with Gasteiger partial charge in [0.25, 0.3) is 0 Å². The zero-order chi connectivity index (χ0) is 14.8. The quantitative estimate of drug-likeness (QED) is 0.857. The van der Waals surface area contributed by atoms with Gasteiger partial charge in [0.1, 0.15) is 0 Å². The maximum absolute atomic E-state index is 5.76. The molecule has 1 aromatic carbocycles. The Labute approximate surface area is 125 Å². The lowest BCUT2D eigenvalue weighted by molar-refractivity contribution is 0.262. The van der Waals surface area contributed by atoms with Gasteiger partial charge >= 0.3 is 0 Å². The molecule has 0 aliphatic rings. The molecule has 0 unspecified atom stereocenters. The Morgan fingerprint density at radius 1 is 1.25 bits per heavy atom. The SMILES string of the molecule is Cc1ncsc1CN(C)CC(C)(C)c1ccc(N)cc1. The number of hydrogen-bond donors (Lipinski definition) is 1. The molecule has 2 aromatic rings. The summed E-state index contributed by atoms with van der Waals surface area (Å²) in [5.74, 6) is 0. The van der Waals surface area contributed by atoms with Crippen molar-refractivity contribution in [1.82, 2.24) is 9.88 Å². The number of benzene rings is 1. The zero-order valence-corrected chi connectivity index (χ0v) is 13.5. The summed E-state index contributed by atoms with van der Waals surface area (Å²) < 4.78 is 0. The molecule has 0 saturated carbocycles. The first-order chi connectivity index (χ1) is 9.38. The molecule has 2 N–H and O–H groups in total. The minimum Gasteiger partial charge on any atom is -0.399 e. The Morgan fingerprint density at radius 3 is 2.45 bits per heavy atom. The average molecular weight is 289 g/mol. The van der Waals surface area contributed by atoms with Gasteiger partial charge in [0.05, 0.1) is 11.2 Å². The second-order valence-corrected chi connectivity index (χ2v) is 6.98. The van der Waals surface area contributed by atoms with Gasteiger partial charge in [-0.1, -0.05) is 26.0 Å². The lowest BCUT2D eigenvalue weighted by Gasteiger charge is -2.31. The number of likely N-dealkylation sites (N-methyl/N-ethyl adjacent to an activating group) is 1. The largest absolute Gasteiger partial charge is 0.399 e. The predicted octanol–water partition coefficient (Wildman–Crippen LogP) is 3.44. The van der Waals surface area contributed by atoms with Gasteiger partial charge in [-0.15, -0.1) is 11.3 Å². The first-order valence-electron chi connectivity index (χ1n) is 6.82. The summed E-state index contributed by atoms with van der Waals surface area (Å²) in [5, 5.41) is 0. The van der Waals surface area contributed by atoms with Crippen molar-refractivity contribution < 1.29 is 0 Å². The van der Waals surface area contributed by atoms with E-state index in [4.69, 9.17) is 5.73 Å². The van der Waals surface area contributed by atoms with Crippen molar-refractivity contribution in [3.63, 3.8) is 0 Å². The fourth-order valence-electron chi connectivity index (χ4n) is 2.48. The molecule has 20 heavy (non-hydrogen) atoms. The number of hydrogen-bond acceptors (Lipinski definition) is 4. The number of aromatic nitrogens is 1. The highest BCUT2D eigenvalue weighted by molar-refractivity contribution is 7.09. The summed E-state index contributed by atoms with van der Waals surface area (Å²) in [6.45, 7) is 8.57. The number of thiazole rings is 1. The molecule has 0 bridgehead atoms. The molecule has 0 amide bonds. The Bertz CT molecular complexity index is 557. The first-order valence-corrected chi connectivity index (χ1v) is 7.70. The number of nitrogens with zero attached hydrogens (tertiary/aromatic N) is 2. The molecule has 4 heteroatoms. The van der Waals surface area contributed by atoms with E-state index in [1.54, 1.807) is 11.3 Å². The molecule has 0 saturated heterocycles. The van der Waals surface area contributed by atoms with Crippen LogP contribution in [0.5, 0.6) is 0 Å². The molecule has 2 rings (SSSR count). The van der Waals surface area contributed by atoms with Gasteiger partial charge in [-0.2, -0.15) is 0 Å². The molecule has 0 fully saturated rings. The Hall–Kier alpha value is -1.39. The Morgan fingerprint density at radius 2 is 1.90 bits per heavy atom. The third-order valence-electron chi connectivity index (χ3n) is 3.62. The summed E-state index contributed by atoms with van der Waals surface area (Å²) in [4.78, 5) is 8.02. The second kappa shape index (κ2) is 5.94. The van der Waals surface area contributed by atoms with Crippen LogP contribution in [0.2, 0.25) is 0 Å². The molecular formula is C16H23N3S. The van der Waals surface area contributed by atoms with E-state index < -0.39 is 0 Å². The molecular weight excluding hydrogens is 266 g/mol. The number of rotatable bonds is 5. The van der Waals surface area contributed by atoms with E-state index in [2.05, 4.69) is 49.8 Å². The lowest BCUT2D eigenvalue weighted by atomic mass is 9.84. The second-order valence-electron chi connectivity index (χ2n) is 6.04. The Kier molecular flexibility index (Phi) is 4.45. The predicted molar refractivity (Wildman–Crippen MR) is 87.1 cm³/mol. The molecule has 0 spiro atoms. The van der Waals surface area contributed by atoms with Crippen molar-refractivity contribution in [3.05, 3.63) is 45.9 Å². The van der Waals surface area contributed by atoms with Gasteiger partial charge in [0.2, 0.25) is 0 Å². The number of nitrogen functional groups attached to an aromatic ring is 1. The van der Waals surface area contributed by atoms with Crippen LogP contribution in [-0.4, -0.2) is 23.5 Å². The third kappa shape index (κ3) is 3.58. The van der Waals surface area contributed by atoms with Crippen molar-refractivity contribution in [2.24, 2.45) is 0 Å². The minimum atomic E-state index is 0.0983. The standard InChI is InChI=1S/C16H23N3S/c1-12-15(20-11-18-12)9-19(4)10-16(2,3)13-5-7-14(17)8-6-13/h5-8,11H,9-10,17H2,1-4H3. The van der Waals surface area contributed by atoms with Gasteiger partial charge < -0.3 is 10.6 Å². The van der Waals surface area contributed by atoms with Crippen LogP contribution in [0.1, 0.15) is 30.0 Å². The molecule has 3 nitrogen and oxygen atoms in total. The zero-order valence-electron chi connectivity index (χ0n) is 12.7. The van der Waals surface area contributed by atoms with Crippen molar-refractivity contribution in [2.75, 3.05) is 19.3 Å². The van der Waals surface area contributed by atoms with E-state index in [0.717, 1.165) is 24.5 Å². The number of nitrogens with two attached hydrogens (primary N) is 1. The highest BCUT2D eigenvalue weighted by Crippen LogP contribution is 2.26. The van der Waals surface area contributed by atoms with Crippen molar-refractivity contribution in [2.45, 2.75) is 32.7 Å². The molecule has 1 heterocycles. The maximum Gasteiger partial charge on any atom is 0.0798 e. The normalized spacial score (nSPS) is 12.1. The molecule has 0 aliphatic heterocycles. The first kappa shape index (κ1) is 15.0. The van der Waals surface area contributed by atoms with Crippen molar-refractivity contribution >= 4 is 17.0 Å². The smallest absolute Gasteiger partial charge is 0.0798 e. The fraction of sp³-hybridized carbons (Fsp3) is 0.438. The van der Waals surface area contributed by atoms with Crippen LogP contribution in [-0.2, 0) is 12.0 Å². The Balaban J connectivity index is 2.04. The summed E-state index contributed by atoms with van der Waals surface area (Å²) in [5.41, 5.74) is 11.1. The van der Waals surface area contributed by atoms with Crippen LogP contribution >= 0.6 is 11.3 Å². The lowest BCUT2D eigenvalue weighted by Crippen LogP contribution is -2.34. The highest BCUT2D eigenvalue weighted by Gasteiger charge is 2.23. The van der Waals surface area contributed by atoms with E-state index in [1.165, 1.54) is 10.4 Å². The summed E-state index contributed by atoms with van der Waals surface area (Å²) in [6, 6.07) is 8.21. The number of anilines is 1. The van der Waals surface area contributed by atoms with Crippen LogP contribution < -0.4 is 5.73 Å². The summed E-state index contributed by atoms with van der Waals surface area (Å²) in [6.07, 6.45) is 0. The van der Waals surface area contributed by atoms with Gasteiger partial charge in [-0.25, -0.2) is 4.98 Å². The van der Waals surface area contributed by atoms with Gasteiger partial charge in [-0.3, -0.25) is 0 Å². The molecule has 0 atom stereocenters. The van der Waals surface area contributed by atoms with E-state index in [1.807, 2.05) is 17.6 Å². The molecule has 0 radical (unpaired) electrons. The van der Waals surface area contributed by atoms with Crippen molar-refractivity contribution in [3.8, 4) is 0 Å². The molecule has 0 aliphatic carbocycles. The fourth-order valence-corrected chi connectivity index (χ4v) is 3.34. The topological polar surface area (TPSA) is 42.2 Å². The highest BCUT2D eigenvalue weighted by atomic mass is 32.1. The minimum absolute atomic E-state index is 0.0983. The van der Waals surface area contributed by atoms with E-state index in [0.29, 0.717) is 0 Å². The van der Waals surface area contributed by atoms with E-state index in [-0.39, 0.29) is 5.41 Å². The average Bonchev–Trinajstić information content (AvgIpc) is 2.74. The van der Waals surface area contributed by atoms with Gasteiger partial charge in [0, 0.05) is 29.1 Å². The molecule has 1 aromatic heterocycles. The van der Waals surface area contributed by atoms with Crippen LogP contribution in [0.4, 0.5) is 5.69 Å². The van der Waals surface area contributed by atoms with Crippen LogP contribution in [0, 0.1) is 6.92 Å². The van der Waals surface area contributed by atoms with Crippen molar-refractivity contribution in [1.29, 1.82) is 0 Å². The van der Waals surface area contributed by atoms with Gasteiger partial charge in [0.15, 0.2) is 0 Å². The summed E-state index contributed by atoms with van der Waals surface area (Å²) in [7, 11) is 2.16. The van der Waals surface area contributed by atoms with E-state index in [9.17, 15) is 0 Å². The monoisotopic (exact) mass is 289 g/mol. The van der Waals surface area contributed by atoms with Gasteiger partial charge in [-0.05, 0) is 31.7 Å². The third-order valence-corrected chi connectivity index (χ3v) is 4.54. The van der Waals surface area contributed by atoms with Crippen LogP contribution in [0.25, 0.3) is 0 Å². The summed E-state index contributed by atoms with van der Waals surface area (Å²) >= 11 is 1.73. The number of aryl methyl sites for hydroxylation is 1. The van der Waals surface area contributed by atoms with Crippen LogP contribution in [0.15, 0.2) is 29.8 Å². The molecule has 108 valence electrons. The van der Waals surface area contributed by atoms with Crippen LogP contribution in [0.3, 0.4) is 0 Å². The van der Waals surface area contributed by atoms with E-state index >= 15 is 0 Å². The maximum atomic E-state index is 5.76.